The van der Waals surface area contributed by atoms with Crippen LogP contribution in [0.2, 0.25) is 0 Å². The molecule has 1 aromatic rings. The molecule has 0 saturated carbocycles. The van der Waals surface area contributed by atoms with Gasteiger partial charge in [-0.1, -0.05) is 19.1 Å². The number of nitrogens with one attached hydrogen (secondary N) is 2. The minimum Gasteiger partial charge on any atom is -0.481 e. The first-order valence-electron chi connectivity index (χ1n) is 14.8. The standard InChI is InChI=1S/C29H46N6O7S/c1-19-16-21-6-4-8-23(25(21)33-18-19)43(40,41)34-22(7-5-12-32-28(30)31)26(38)35-13-9-20(10-14-35)11-15-42-27(39)29(2,3)17-24(36)37/h4,6,8,19-20,22,33-34H,5,7,9-18H2,1-3H3,(H,36,37)(H4,30,31,32)/t19-,22?/m0/s1. The molecule has 14 heteroatoms. The Balaban J connectivity index is 1.62. The molecule has 7 N–H and O–H groups in total. The number of carbonyl (C=O) groups excluding carboxylic acids is 2. The SMILES string of the molecule is C[C@@H]1CNc2c(cccc2S(=O)(=O)NC(CCCN=C(N)N)C(=O)N2CCC(CCOC(=O)C(C)(C)CC(=O)O)CC2)C1. The Labute approximate surface area is 253 Å². The lowest BCUT2D eigenvalue weighted by Gasteiger charge is -2.34. The third-order valence-electron chi connectivity index (χ3n) is 7.97. The van der Waals surface area contributed by atoms with E-state index in [9.17, 15) is 22.8 Å². The number of esters is 1. The molecular weight excluding hydrogens is 576 g/mol. The van der Waals surface area contributed by atoms with E-state index in [0.29, 0.717) is 56.9 Å². The van der Waals surface area contributed by atoms with E-state index in [0.717, 1.165) is 12.0 Å². The number of aliphatic imine (C=N–C) groups is 1. The Hall–Kier alpha value is -3.39. The summed E-state index contributed by atoms with van der Waals surface area (Å²) >= 11 is 0. The van der Waals surface area contributed by atoms with Gasteiger partial charge >= 0.3 is 11.9 Å². The molecule has 3 rings (SSSR count). The molecule has 1 aromatic carbocycles. The van der Waals surface area contributed by atoms with Gasteiger partial charge in [0, 0.05) is 26.2 Å². The molecule has 2 heterocycles. The summed E-state index contributed by atoms with van der Waals surface area (Å²) in [6.45, 7) is 7.15. The van der Waals surface area contributed by atoms with Crippen molar-refractivity contribution in [3.05, 3.63) is 23.8 Å². The van der Waals surface area contributed by atoms with Crippen LogP contribution in [0, 0.1) is 17.3 Å². The van der Waals surface area contributed by atoms with Gasteiger partial charge in [0.15, 0.2) is 5.96 Å². The highest BCUT2D eigenvalue weighted by Gasteiger charge is 2.34. The number of para-hydroxylation sites is 1. The van der Waals surface area contributed by atoms with Crippen LogP contribution >= 0.6 is 0 Å². The highest BCUT2D eigenvalue weighted by molar-refractivity contribution is 7.89. The van der Waals surface area contributed by atoms with Crippen molar-refractivity contribution in [2.24, 2.45) is 33.7 Å². The highest BCUT2D eigenvalue weighted by atomic mass is 32.2. The number of likely N-dealkylation sites (tertiary alicyclic amines) is 1. The summed E-state index contributed by atoms with van der Waals surface area (Å²) in [7, 11) is -4.04. The van der Waals surface area contributed by atoms with E-state index >= 15 is 0 Å². The van der Waals surface area contributed by atoms with Gasteiger partial charge in [0.25, 0.3) is 0 Å². The number of anilines is 1. The number of carboxylic acids is 1. The van der Waals surface area contributed by atoms with Gasteiger partial charge in [-0.3, -0.25) is 19.4 Å². The highest BCUT2D eigenvalue weighted by Crippen LogP contribution is 2.32. The number of benzene rings is 1. The number of hydrogen-bond acceptors (Lipinski definition) is 8. The molecule has 2 atom stereocenters. The number of carbonyl (C=O) groups is 3. The van der Waals surface area contributed by atoms with Gasteiger partial charge in [0.05, 0.1) is 24.1 Å². The first-order valence-corrected chi connectivity index (χ1v) is 16.3. The maximum Gasteiger partial charge on any atom is 0.312 e. The third kappa shape index (κ3) is 9.82. The van der Waals surface area contributed by atoms with Gasteiger partial charge in [-0.2, -0.15) is 4.72 Å². The van der Waals surface area contributed by atoms with Crippen LogP contribution in [0.3, 0.4) is 0 Å². The Bertz CT molecular complexity index is 1290. The molecule has 0 spiro atoms. The number of hydrogen-bond donors (Lipinski definition) is 5. The maximum atomic E-state index is 13.7. The largest absolute Gasteiger partial charge is 0.481 e. The zero-order valence-corrected chi connectivity index (χ0v) is 26.1. The Morgan fingerprint density at radius 3 is 2.58 bits per heavy atom. The summed E-state index contributed by atoms with van der Waals surface area (Å²) in [4.78, 5) is 42.7. The molecule has 2 aliphatic heterocycles. The monoisotopic (exact) mass is 622 g/mol. The van der Waals surface area contributed by atoms with Crippen molar-refractivity contribution in [1.82, 2.24) is 9.62 Å². The summed E-state index contributed by atoms with van der Waals surface area (Å²) < 4.78 is 35.2. The zero-order valence-electron chi connectivity index (χ0n) is 25.3. The van der Waals surface area contributed by atoms with Gasteiger partial charge in [0.2, 0.25) is 15.9 Å². The number of guanidine groups is 1. The van der Waals surface area contributed by atoms with Gasteiger partial charge in [-0.15, -0.1) is 0 Å². The molecule has 0 bridgehead atoms. The number of carboxylic acid groups (broad SMARTS) is 1. The predicted octanol–water partition coefficient (Wildman–Crippen LogP) is 1.66. The molecule has 0 aromatic heterocycles. The number of sulfonamides is 1. The molecule has 1 fully saturated rings. The average Bonchev–Trinajstić information content (AvgIpc) is 2.93. The second-order valence-electron chi connectivity index (χ2n) is 12.3. The summed E-state index contributed by atoms with van der Waals surface area (Å²) in [6.07, 6.45) is 3.01. The number of aliphatic carboxylic acids is 1. The zero-order chi connectivity index (χ0) is 31.8. The molecule has 2 aliphatic rings. The van der Waals surface area contributed by atoms with E-state index in [4.69, 9.17) is 21.3 Å². The first-order chi connectivity index (χ1) is 20.2. The van der Waals surface area contributed by atoms with Crippen LogP contribution in [0.5, 0.6) is 0 Å². The minimum absolute atomic E-state index is 0.0714. The van der Waals surface area contributed by atoms with Crippen molar-refractivity contribution in [2.75, 3.05) is 38.1 Å². The van der Waals surface area contributed by atoms with E-state index in [2.05, 4.69) is 22.0 Å². The van der Waals surface area contributed by atoms with Crippen LogP contribution in [0.25, 0.3) is 0 Å². The summed E-state index contributed by atoms with van der Waals surface area (Å²) in [5.41, 5.74) is 11.2. The molecular formula is C29H46N6O7S. The molecule has 43 heavy (non-hydrogen) atoms. The fourth-order valence-electron chi connectivity index (χ4n) is 5.51. The molecule has 1 unspecified atom stereocenters. The quantitative estimate of drug-likeness (QED) is 0.0878. The molecule has 0 aliphatic carbocycles. The number of nitrogens with zero attached hydrogens (tertiary/aromatic N) is 2. The second-order valence-corrected chi connectivity index (χ2v) is 13.9. The topological polar surface area (TPSA) is 207 Å². The number of rotatable bonds is 14. The summed E-state index contributed by atoms with van der Waals surface area (Å²) in [6, 6.07) is 4.19. The predicted molar refractivity (Wildman–Crippen MR) is 163 cm³/mol. The summed E-state index contributed by atoms with van der Waals surface area (Å²) in [5.74, 6) is -1.41. The number of nitrogens with two attached hydrogens (primary N) is 2. The van der Waals surface area contributed by atoms with E-state index in [1.807, 2.05) is 6.07 Å². The number of ether oxygens (including phenoxy) is 1. The number of piperidine rings is 1. The van der Waals surface area contributed by atoms with Crippen molar-refractivity contribution in [1.29, 1.82) is 0 Å². The van der Waals surface area contributed by atoms with Crippen LogP contribution in [0.15, 0.2) is 28.1 Å². The summed E-state index contributed by atoms with van der Waals surface area (Å²) in [5, 5.41) is 12.2. The Morgan fingerprint density at radius 1 is 1.23 bits per heavy atom. The van der Waals surface area contributed by atoms with Crippen LogP contribution in [0.1, 0.15) is 64.9 Å². The van der Waals surface area contributed by atoms with Crippen molar-refractivity contribution in [3.63, 3.8) is 0 Å². The molecule has 1 amide bonds. The number of amides is 1. The normalized spacial score (nSPS) is 18.2. The third-order valence-corrected chi connectivity index (χ3v) is 9.48. The van der Waals surface area contributed by atoms with Crippen molar-refractivity contribution < 1.29 is 32.6 Å². The van der Waals surface area contributed by atoms with Crippen molar-refractivity contribution >= 4 is 39.5 Å². The van der Waals surface area contributed by atoms with Gasteiger partial charge < -0.3 is 31.5 Å². The molecule has 1 saturated heterocycles. The lowest BCUT2D eigenvalue weighted by molar-refractivity contribution is -0.159. The van der Waals surface area contributed by atoms with Crippen LogP contribution < -0.4 is 21.5 Å². The molecule has 13 nitrogen and oxygen atoms in total. The van der Waals surface area contributed by atoms with Gasteiger partial charge in [0.1, 0.15) is 10.9 Å². The fraction of sp³-hybridized carbons (Fsp3) is 0.655. The lowest BCUT2D eigenvalue weighted by atomic mass is 9.89. The Kier molecular flexibility index (Phi) is 11.8. The van der Waals surface area contributed by atoms with Crippen molar-refractivity contribution in [3.8, 4) is 0 Å². The van der Waals surface area contributed by atoms with Crippen LogP contribution in [0.4, 0.5) is 5.69 Å². The fourth-order valence-corrected chi connectivity index (χ4v) is 6.96. The van der Waals surface area contributed by atoms with Gasteiger partial charge in [-0.25, -0.2) is 8.42 Å². The van der Waals surface area contributed by atoms with Crippen LogP contribution in [-0.2, 0) is 35.6 Å². The Morgan fingerprint density at radius 2 is 1.93 bits per heavy atom. The van der Waals surface area contributed by atoms with E-state index in [1.54, 1.807) is 30.9 Å². The first kappa shape index (κ1) is 34.1. The minimum atomic E-state index is -4.04. The smallest absolute Gasteiger partial charge is 0.312 e. The van der Waals surface area contributed by atoms with Gasteiger partial charge in [-0.05, 0) is 75.8 Å². The second kappa shape index (κ2) is 14.9. The van der Waals surface area contributed by atoms with E-state index in [-0.39, 0.29) is 48.7 Å². The maximum absolute atomic E-state index is 13.7. The van der Waals surface area contributed by atoms with E-state index < -0.39 is 33.4 Å². The number of fused-ring (bicyclic) bond motifs is 1. The molecule has 240 valence electrons. The van der Waals surface area contributed by atoms with Crippen LogP contribution in [-0.4, -0.2) is 81.1 Å². The van der Waals surface area contributed by atoms with E-state index in [1.165, 1.54) is 0 Å². The average molecular weight is 623 g/mol. The molecule has 0 radical (unpaired) electrons. The van der Waals surface area contributed by atoms with Crippen molar-refractivity contribution in [2.45, 2.75) is 76.7 Å². The lowest BCUT2D eigenvalue weighted by Crippen LogP contribution is -2.50.